The minimum atomic E-state index is -0.160. The number of hydrogen-bond donors (Lipinski definition) is 1. The van der Waals surface area contributed by atoms with Crippen LogP contribution < -0.4 is 10.5 Å². The standard InChI is InChI=1S/C15H24N2O2/c1-11(2)19-14-7-5-12(6-8-14)9-13(10-16)15(18)17(3)4/h5-8,11,13H,9-10,16H2,1-4H3. The largest absolute Gasteiger partial charge is 0.491 e. The number of ether oxygens (including phenoxy) is 1. The predicted octanol–water partition coefficient (Wildman–Crippen LogP) is 1.68. The molecule has 2 N–H and O–H groups in total. The van der Waals surface area contributed by atoms with Crippen molar-refractivity contribution in [3.8, 4) is 5.75 Å². The highest BCUT2D eigenvalue weighted by molar-refractivity contribution is 5.78. The molecule has 1 amide bonds. The Balaban J connectivity index is 2.68. The van der Waals surface area contributed by atoms with Crippen LogP contribution in [0.4, 0.5) is 0 Å². The van der Waals surface area contributed by atoms with Crippen molar-refractivity contribution >= 4 is 5.91 Å². The number of carbonyl (C=O) groups is 1. The molecule has 1 unspecified atom stereocenters. The molecule has 106 valence electrons. The molecule has 0 aliphatic carbocycles. The Labute approximate surface area is 115 Å². The fourth-order valence-corrected chi connectivity index (χ4v) is 1.90. The van der Waals surface area contributed by atoms with Crippen molar-refractivity contribution in [1.82, 2.24) is 4.90 Å². The van der Waals surface area contributed by atoms with Gasteiger partial charge in [-0.1, -0.05) is 12.1 Å². The van der Waals surface area contributed by atoms with E-state index in [2.05, 4.69) is 0 Å². The van der Waals surface area contributed by atoms with Gasteiger partial charge in [0.1, 0.15) is 5.75 Å². The number of hydrogen-bond acceptors (Lipinski definition) is 3. The lowest BCUT2D eigenvalue weighted by Gasteiger charge is -2.19. The molecule has 0 fully saturated rings. The maximum Gasteiger partial charge on any atom is 0.226 e. The van der Waals surface area contributed by atoms with E-state index in [9.17, 15) is 4.79 Å². The lowest BCUT2D eigenvalue weighted by molar-refractivity contribution is -0.132. The first kappa shape index (κ1) is 15.5. The second-order valence-electron chi connectivity index (χ2n) is 5.18. The van der Waals surface area contributed by atoms with Gasteiger partial charge in [-0.2, -0.15) is 0 Å². The monoisotopic (exact) mass is 264 g/mol. The molecule has 4 nitrogen and oxygen atoms in total. The second kappa shape index (κ2) is 7.14. The Morgan fingerprint density at radius 2 is 1.84 bits per heavy atom. The van der Waals surface area contributed by atoms with Gasteiger partial charge in [0.15, 0.2) is 0 Å². The van der Waals surface area contributed by atoms with E-state index in [1.165, 1.54) is 0 Å². The fraction of sp³-hybridized carbons (Fsp3) is 0.533. The number of nitrogens with zero attached hydrogens (tertiary/aromatic N) is 1. The van der Waals surface area contributed by atoms with Gasteiger partial charge in [0.05, 0.1) is 12.0 Å². The molecule has 0 spiro atoms. The van der Waals surface area contributed by atoms with E-state index >= 15 is 0 Å². The quantitative estimate of drug-likeness (QED) is 0.850. The van der Waals surface area contributed by atoms with Crippen LogP contribution in [0.3, 0.4) is 0 Å². The van der Waals surface area contributed by atoms with Crippen LogP contribution in [0.2, 0.25) is 0 Å². The van der Waals surface area contributed by atoms with Crippen LogP contribution in [0, 0.1) is 5.92 Å². The summed E-state index contributed by atoms with van der Waals surface area (Å²) in [6.07, 6.45) is 0.827. The van der Waals surface area contributed by atoms with Gasteiger partial charge < -0.3 is 15.4 Å². The maximum atomic E-state index is 11.9. The topological polar surface area (TPSA) is 55.6 Å². The van der Waals surface area contributed by atoms with E-state index in [1.807, 2.05) is 38.1 Å². The van der Waals surface area contributed by atoms with E-state index in [-0.39, 0.29) is 17.9 Å². The summed E-state index contributed by atoms with van der Waals surface area (Å²) in [5.74, 6) is 0.763. The van der Waals surface area contributed by atoms with Gasteiger partial charge in [-0.15, -0.1) is 0 Å². The first-order valence-corrected chi connectivity index (χ1v) is 6.61. The van der Waals surface area contributed by atoms with Crippen molar-refractivity contribution in [2.45, 2.75) is 26.4 Å². The molecule has 19 heavy (non-hydrogen) atoms. The van der Waals surface area contributed by atoms with Crippen LogP contribution in [0.1, 0.15) is 19.4 Å². The summed E-state index contributed by atoms with van der Waals surface area (Å²) in [5.41, 5.74) is 6.78. The normalized spacial score (nSPS) is 12.3. The summed E-state index contributed by atoms with van der Waals surface area (Å²) in [6, 6.07) is 7.85. The molecule has 1 aromatic carbocycles. The third-order valence-electron chi connectivity index (χ3n) is 2.85. The summed E-state index contributed by atoms with van der Waals surface area (Å²) in [5, 5.41) is 0. The highest BCUT2D eigenvalue weighted by Crippen LogP contribution is 2.16. The summed E-state index contributed by atoms with van der Waals surface area (Å²) in [6.45, 7) is 4.35. The van der Waals surface area contributed by atoms with E-state index in [0.717, 1.165) is 11.3 Å². The zero-order valence-electron chi connectivity index (χ0n) is 12.2. The van der Waals surface area contributed by atoms with Gasteiger partial charge in [0.25, 0.3) is 0 Å². The molecule has 0 heterocycles. The van der Waals surface area contributed by atoms with Crippen LogP contribution >= 0.6 is 0 Å². The number of rotatable bonds is 6. The van der Waals surface area contributed by atoms with Gasteiger partial charge in [-0.3, -0.25) is 4.79 Å². The zero-order chi connectivity index (χ0) is 14.4. The minimum absolute atomic E-state index is 0.0741. The van der Waals surface area contributed by atoms with E-state index < -0.39 is 0 Å². The van der Waals surface area contributed by atoms with Crippen LogP contribution in [0.25, 0.3) is 0 Å². The Morgan fingerprint density at radius 1 is 1.26 bits per heavy atom. The summed E-state index contributed by atoms with van der Waals surface area (Å²) >= 11 is 0. The van der Waals surface area contributed by atoms with E-state index in [0.29, 0.717) is 13.0 Å². The molecular weight excluding hydrogens is 240 g/mol. The first-order valence-electron chi connectivity index (χ1n) is 6.61. The van der Waals surface area contributed by atoms with Gasteiger partial charge in [0, 0.05) is 20.6 Å². The first-order chi connectivity index (χ1) is 8.93. The number of nitrogens with two attached hydrogens (primary N) is 1. The number of carbonyl (C=O) groups excluding carboxylic acids is 1. The third kappa shape index (κ3) is 4.91. The van der Waals surface area contributed by atoms with Crippen LogP contribution in [0.5, 0.6) is 5.75 Å². The average Bonchev–Trinajstić information content (AvgIpc) is 2.36. The number of amides is 1. The molecule has 1 aromatic rings. The lowest BCUT2D eigenvalue weighted by Crippen LogP contribution is -2.35. The van der Waals surface area contributed by atoms with Crippen molar-refractivity contribution < 1.29 is 9.53 Å². The Hall–Kier alpha value is -1.55. The van der Waals surface area contributed by atoms with Crippen molar-refractivity contribution in [1.29, 1.82) is 0 Å². The molecule has 0 aliphatic rings. The maximum absolute atomic E-state index is 11.9. The molecule has 0 aromatic heterocycles. The SMILES string of the molecule is CC(C)Oc1ccc(CC(CN)C(=O)N(C)C)cc1. The van der Waals surface area contributed by atoms with E-state index in [1.54, 1.807) is 19.0 Å². The highest BCUT2D eigenvalue weighted by Gasteiger charge is 2.18. The lowest BCUT2D eigenvalue weighted by atomic mass is 9.98. The molecule has 0 saturated carbocycles. The van der Waals surface area contributed by atoms with Crippen LogP contribution in [0.15, 0.2) is 24.3 Å². The van der Waals surface area contributed by atoms with Crippen molar-refractivity contribution in [3.05, 3.63) is 29.8 Å². The minimum Gasteiger partial charge on any atom is -0.491 e. The number of benzene rings is 1. The highest BCUT2D eigenvalue weighted by atomic mass is 16.5. The fourth-order valence-electron chi connectivity index (χ4n) is 1.90. The Morgan fingerprint density at radius 3 is 2.26 bits per heavy atom. The molecule has 0 aliphatic heterocycles. The van der Waals surface area contributed by atoms with Crippen LogP contribution in [-0.2, 0) is 11.2 Å². The molecule has 1 rings (SSSR count). The Bertz CT molecular complexity index is 399. The van der Waals surface area contributed by atoms with Gasteiger partial charge in [-0.05, 0) is 38.0 Å². The molecule has 0 radical (unpaired) electrons. The molecular formula is C15H24N2O2. The van der Waals surface area contributed by atoms with Gasteiger partial charge in [0.2, 0.25) is 5.91 Å². The van der Waals surface area contributed by atoms with Crippen molar-refractivity contribution in [2.75, 3.05) is 20.6 Å². The average molecular weight is 264 g/mol. The predicted molar refractivity (Wildman–Crippen MR) is 77.1 cm³/mol. The molecule has 0 saturated heterocycles. The third-order valence-corrected chi connectivity index (χ3v) is 2.85. The molecule has 0 bridgehead atoms. The van der Waals surface area contributed by atoms with Crippen molar-refractivity contribution in [2.24, 2.45) is 11.7 Å². The van der Waals surface area contributed by atoms with Gasteiger partial charge >= 0.3 is 0 Å². The smallest absolute Gasteiger partial charge is 0.226 e. The summed E-state index contributed by atoms with van der Waals surface area (Å²) in [7, 11) is 3.51. The van der Waals surface area contributed by atoms with Crippen molar-refractivity contribution in [3.63, 3.8) is 0 Å². The van der Waals surface area contributed by atoms with Crippen LogP contribution in [-0.4, -0.2) is 37.6 Å². The van der Waals surface area contributed by atoms with E-state index in [4.69, 9.17) is 10.5 Å². The molecule has 1 atom stereocenters. The van der Waals surface area contributed by atoms with Gasteiger partial charge in [-0.25, -0.2) is 0 Å². The summed E-state index contributed by atoms with van der Waals surface area (Å²) < 4.78 is 5.59. The molecule has 4 heteroatoms. The zero-order valence-corrected chi connectivity index (χ0v) is 12.2. The second-order valence-corrected chi connectivity index (χ2v) is 5.18. The Kier molecular flexibility index (Phi) is 5.83. The summed E-state index contributed by atoms with van der Waals surface area (Å²) in [4.78, 5) is 13.5.